The summed E-state index contributed by atoms with van der Waals surface area (Å²) in [5, 5.41) is 3.98. The van der Waals surface area contributed by atoms with Crippen LogP contribution in [0.2, 0.25) is 0 Å². The van der Waals surface area contributed by atoms with Crippen molar-refractivity contribution < 1.29 is 4.79 Å². The number of aliphatic imine (C=N–C) groups is 1. The number of aryl methyl sites for hydroxylation is 1. The van der Waals surface area contributed by atoms with Crippen molar-refractivity contribution in [1.82, 2.24) is 9.78 Å². The number of amides is 1. The lowest BCUT2D eigenvalue weighted by atomic mass is 10.2. The Morgan fingerprint density at radius 1 is 1.35 bits per heavy atom. The monoisotopic (exact) mass is 271 g/mol. The van der Waals surface area contributed by atoms with Crippen molar-refractivity contribution >= 4 is 23.5 Å². The van der Waals surface area contributed by atoms with E-state index < -0.39 is 5.91 Å². The van der Waals surface area contributed by atoms with E-state index in [2.05, 4.69) is 10.1 Å². The molecule has 0 radical (unpaired) electrons. The topological polar surface area (TPSA) is 76.5 Å². The zero-order valence-corrected chi connectivity index (χ0v) is 11.7. The summed E-state index contributed by atoms with van der Waals surface area (Å²) in [5.41, 5.74) is 8.12. The highest BCUT2D eigenvalue weighted by Crippen LogP contribution is 2.17. The average Bonchev–Trinajstić information content (AvgIpc) is 2.78. The molecule has 0 spiro atoms. The second-order valence-corrected chi connectivity index (χ2v) is 4.61. The number of benzene rings is 1. The van der Waals surface area contributed by atoms with Gasteiger partial charge in [-0.05, 0) is 17.7 Å². The number of carbonyl (C=O) groups is 1. The number of carbonyl (C=O) groups excluding carboxylic acids is 1. The molecule has 0 aliphatic heterocycles. The molecule has 2 aromatic rings. The minimum absolute atomic E-state index is 0.297. The van der Waals surface area contributed by atoms with Crippen molar-refractivity contribution in [2.45, 2.75) is 0 Å². The molecule has 0 atom stereocenters. The normalized spacial score (nSPS) is 10.9. The zero-order valence-electron chi connectivity index (χ0n) is 11.7. The summed E-state index contributed by atoms with van der Waals surface area (Å²) >= 11 is 0. The fraction of sp³-hybridized carbons (Fsp3) is 0.214. The average molecular weight is 271 g/mol. The largest absolute Gasteiger partial charge is 0.378 e. The van der Waals surface area contributed by atoms with Crippen LogP contribution >= 0.6 is 0 Å². The molecular weight excluding hydrogens is 254 g/mol. The predicted molar refractivity (Wildman–Crippen MR) is 79.7 cm³/mol. The molecule has 104 valence electrons. The highest BCUT2D eigenvalue weighted by Gasteiger charge is 2.12. The highest BCUT2D eigenvalue weighted by molar-refractivity contribution is 5.97. The third-order valence-corrected chi connectivity index (χ3v) is 2.92. The van der Waals surface area contributed by atoms with Crippen LogP contribution in [0.15, 0.2) is 35.5 Å². The van der Waals surface area contributed by atoms with Crippen molar-refractivity contribution in [1.29, 1.82) is 0 Å². The third-order valence-electron chi connectivity index (χ3n) is 2.92. The van der Waals surface area contributed by atoms with Gasteiger partial charge in [-0.15, -0.1) is 0 Å². The molecule has 1 aromatic carbocycles. The first kappa shape index (κ1) is 13.8. The minimum atomic E-state index is -0.542. The van der Waals surface area contributed by atoms with E-state index in [1.807, 2.05) is 43.3 Å². The zero-order chi connectivity index (χ0) is 14.7. The van der Waals surface area contributed by atoms with Crippen LogP contribution in [0.5, 0.6) is 0 Å². The molecule has 0 saturated heterocycles. The molecular formula is C14H17N5O. The van der Waals surface area contributed by atoms with Crippen LogP contribution in [0.3, 0.4) is 0 Å². The molecule has 6 nitrogen and oxygen atoms in total. The summed E-state index contributed by atoms with van der Waals surface area (Å²) in [7, 11) is 5.63. The maximum atomic E-state index is 11.3. The van der Waals surface area contributed by atoms with Crippen LogP contribution in [0.1, 0.15) is 16.1 Å². The standard InChI is InChI=1S/C14H17N5O/c1-18(2)11-6-4-10(5-7-11)8-16-12-9-17-19(3)13(12)14(15)20/h4-9H,1-3H3,(H2,15,20). The van der Waals surface area contributed by atoms with Gasteiger partial charge in [-0.3, -0.25) is 14.5 Å². The van der Waals surface area contributed by atoms with Gasteiger partial charge in [-0.1, -0.05) is 12.1 Å². The number of rotatable bonds is 4. The maximum absolute atomic E-state index is 11.3. The van der Waals surface area contributed by atoms with Gasteiger partial charge in [0.2, 0.25) is 0 Å². The molecule has 2 rings (SSSR count). The first-order valence-corrected chi connectivity index (χ1v) is 6.12. The molecule has 0 saturated carbocycles. The number of primary amides is 1. The number of aromatic nitrogens is 2. The van der Waals surface area contributed by atoms with Gasteiger partial charge in [-0.25, -0.2) is 0 Å². The Balaban J connectivity index is 2.23. The summed E-state index contributed by atoms with van der Waals surface area (Å²) in [6.45, 7) is 0. The molecule has 0 unspecified atom stereocenters. The van der Waals surface area contributed by atoms with E-state index in [-0.39, 0.29) is 0 Å². The molecule has 0 fully saturated rings. The van der Waals surface area contributed by atoms with Gasteiger partial charge >= 0.3 is 0 Å². The molecule has 2 N–H and O–H groups in total. The van der Waals surface area contributed by atoms with Crippen molar-refractivity contribution in [3.8, 4) is 0 Å². The summed E-state index contributed by atoms with van der Waals surface area (Å²) in [5.74, 6) is -0.542. The van der Waals surface area contributed by atoms with Crippen molar-refractivity contribution in [3.63, 3.8) is 0 Å². The van der Waals surface area contributed by atoms with E-state index in [0.29, 0.717) is 11.4 Å². The Bertz CT molecular complexity index is 640. The first-order chi connectivity index (χ1) is 9.49. The lowest BCUT2D eigenvalue weighted by Crippen LogP contribution is -2.15. The van der Waals surface area contributed by atoms with Crippen LogP contribution in [0, 0.1) is 0 Å². The summed E-state index contributed by atoms with van der Waals surface area (Å²) < 4.78 is 1.42. The molecule has 0 aliphatic carbocycles. The Labute approximate surface area is 117 Å². The lowest BCUT2D eigenvalue weighted by molar-refractivity contribution is 0.0992. The number of nitrogens with zero attached hydrogens (tertiary/aromatic N) is 4. The van der Waals surface area contributed by atoms with E-state index in [1.165, 1.54) is 10.9 Å². The van der Waals surface area contributed by atoms with Crippen LogP contribution < -0.4 is 10.6 Å². The second-order valence-electron chi connectivity index (χ2n) is 4.61. The lowest BCUT2D eigenvalue weighted by Gasteiger charge is -2.11. The van der Waals surface area contributed by atoms with E-state index in [0.717, 1.165) is 11.3 Å². The second kappa shape index (κ2) is 5.56. The van der Waals surface area contributed by atoms with E-state index in [1.54, 1.807) is 13.3 Å². The van der Waals surface area contributed by atoms with Crippen LogP contribution in [0.4, 0.5) is 11.4 Å². The van der Waals surface area contributed by atoms with Gasteiger partial charge in [0.1, 0.15) is 5.69 Å². The molecule has 0 aliphatic rings. The van der Waals surface area contributed by atoms with Crippen molar-refractivity contribution in [2.24, 2.45) is 17.8 Å². The molecule has 1 amide bonds. The SMILES string of the molecule is CN(C)c1ccc(C=Nc2cnn(C)c2C(N)=O)cc1. The molecule has 6 heteroatoms. The molecule has 0 bridgehead atoms. The van der Waals surface area contributed by atoms with Gasteiger partial charge in [0.25, 0.3) is 5.91 Å². The number of hydrogen-bond acceptors (Lipinski definition) is 4. The smallest absolute Gasteiger partial charge is 0.269 e. The van der Waals surface area contributed by atoms with E-state index in [4.69, 9.17) is 5.73 Å². The van der Waals surface area contributed by atoms with Gasteiger partial charge in [-0.2, -0.15) is 5.10 Å². The maximum Gasteiger partial charge on any atom is 0.269 e. The Hall–Kier alpha value is -2.63. The molecule has 1 heterocycles. The molecule has 1 aromatic heterocycles. The summed E-state index contributed by atoms with van der Waals surface area (Å²) in [6, 6.07) is 7.91. The van der Waals surface area contributed by atoms with Crippen LogP contribution in [-0.2, 0) is 7.05 Å². The van der Waals surface area contributed by atoms with Crippen LogP contribution in [0.25, 0.3) is 0 Å². The highest BCUT2D eigenvalue weighted by atomic mass is 16.1. The van der Waals surface area contributed by atoms with Crippen LogP contribution in [-0.4, -0.2) is 36.0 Å². The fourth-order valence-electron chi connectivity index (χ4n) is 1.81. The number of nitrogens with two attached hydrogens (primary N) is 1. The molecule has 20 heavy (non-hydrogen) atoms. The Morgan fingerprint density at radius 3 is 2.55 bits per heavy atom. The third kappa shape index (κ3) is 2.85. The van der Waals surface area contributed by atoms with Gasteiger partial charge < -0.3 is 10.6 Å². The summed E-state index contributed by atoms with van der Waals surface area (Å²) in [4.78, 5) is 17.6. The number of anilines is 1. The number of hydrogen-bond donors (Lipinski definition) is 1. The van der Waals surface area contributed by atoms with E-state index >= 15 is 0 Å². The van der Waals surface area contributed by atoms with E-state index in [9.17, 15) is 4.79 Å². The van der Waals surface area contributed by atoms with Crippen molar-refractivity contribution in [2.75, 3.05) is 19.0 Å². The van der Waals surface area contributed by atoms with Gasteiger partial charge in [0.05, 0.1) is 6.20 Å². The predicted octanol–water partition coefficient (Wildman–Crippen LogP) is 1.34. The summed E-state index contributed by atoms with van der Waals surface area (Å²) in [6.07, 6.45) is 3.20. The van der Waals surface area contributed by atoms with Gasteiger partial charge in [0, 0.05) is 33.0 Å². The van der Waals surface area contributed by atoms with Gasteiger partial charge in [0.15, 0.2) is 5.69 Å². The first-order valence-electron chi connectivity index (χ1n) is 6.12. The minimum Gasteiger partial charge on any atom is -0.378 e. The van der Waals surface area contributed by atoms with Crippen molar-refractivity contribution in [3.05, 3.63) is 41.7 Å². The quantitative estimate of drug-likeness (QED) is 0.852. The Kier molecular flexibility index (Phi) is 3.84. The fourth-order valence-corrected chi connectivity index (χ4v) is 1.81. The Morgan fingerprint density at radius 2 is 2.00 bits per heavy atom.